The van der Waals surface area contributed by atoms with Crippen molar-refractivity contribution in [3.8, 4) is 5.75 Å². The second-order valence-corrected chi connectivity index (χ2v) is 6.06. The number of primary amides is 1. The summed E-state index contributed by atoms with van der Waals surface area (Å²) in [4.78, 5) is 25.6. The molecule has 1 aromatic rings. The maximum absolute atomic E-state index is 12.5. The van der Waals surface area contributed by atoms with Gasteiger partial charge in [-0.2, -0.15) is 0 Å². The molecule has 0 atom stereocenters. The number of carbonyl (C=O) groups excluding carboxylic acids is 2. The van der Waals surface area contributed by atoms with Gasteiger partial charge >= 0.3 is 0 Å². The first-order valence-electron chi connectivity index (χ1n) is 8.64. The van der Waals surface area contributed by atoms with E-state index in [2.05, 4.69) is 12.2 Å². The number of amides is 2. The zero-order chi connectivity index (χ0) is 17.4. The van der Waals surface area contributed by atoms with Crippen LogP contribution in [0.25, 0.3) is 0 Å². The highest BCUT2D eigenvalue weighted by Gasteiger charge is 2.24. The van der Waals surface area contributed by atoms with E-state index in [1.165, 1.54) is 0 Å². The van der Waals surface area contributed by atoms with E-state index in [4.69, 9.17) is 10.5 Å². The molecule has 0 bridgehead atoms. The average molecular weight is 370 g/mol. The van der Waals surface area contributed by atoms with E-state index in [0.717, 1.165) is 38.9 Å². The lowest BCUT2D eigenvalue weighted by Crippen LogP contribution is -2.46. The maximum Gasteiger partial charge on any atom is 0.248 e. The van der Waals surface area contributed by atoms with Gasteiger partial charge in [-0.05, 0) is 56.6 Å². The molecule has 140 valence electrons. The Bertz CT molecular complexity index is 545. The lowest BCUT2D eigenvalue weighted by atomic mass is 10.0. The van der Waals surface area contributed by atoms with Gasteiger partial charge in [0.05, 0.1) is 13.0 Å². The van der Waals surface area contributed by atoms with E-state index >= 15 is 0 Å². The van der Waals surface area contributed by atoms with Gasteiger partial charge in [0.2, 0.25) is 11.8 Å². The van der Waals surface area contributed by atoms with Crippen LogP contribution < -0.4 is 15.8 Å². The number of nitrogens with two attached hydrogens (primary N) is 1. The minimum Gasteiger partial charge on any atom is -0.493 e. The molecule has 0 unspecified atom stereocenters. The summed E-state index contributed by atoms with van der Waals surface area (Å²) < 4.78 is 5.62. The molecule has 1 aliphatic heterocycles. The van der Waals surface area contributed by atoms with Crippen molar-refractivity contribution in [2.75, 3.05) is 26.2 Å². The third-order valence-corrected chi connectivity index (χ3v) is 4.26. The molecule has 0 aliphatic carbocycles. The summed E-state index contributed by atoms with van der Waals surface area (Å²) in [6.45, 7) is 5.18. The highest BCUT2D eigenvalue weighted by Crippen LogP contribution is 2.15. The van der Waals surface area contributed by atoms with Crippen LogP contribution in [0.15, 0.2) is 24.3 Å². The van der Waals surface area contributed by atoms with Crippen LogP contribution in [0.4, 0.5) is 0 Å². The van der Waals surface area contributed by atoms with Gasteiger partial charge in [0.1, 0.15) is 5.75 Å². The minimum atomic E-state index is -0.464. The van der Waals surface area contributed by atoms with Gasteiger partial charge in [-0.1, -0.05) is 6.92 Å². The summed E-state index contributed by atoms with van der Waals surface area (Å²) in [6, 6.07) is 6.98. The van der Waals surface area contributed by atoms with Crippen molar-refractivity contribution in [2.24, 2.45) is 5.73 Å². The van der Waals surface area contributed by atoms with Crippen LogP contribution in [0, 0.1) is 0 Å². The highest BCUT2D eigenvalue weighted by molar-refractivity contribution is 5.92. The quantitative estimate of drug-likeness (QED) is 0.733. The van der Waals surface area contributed by atoms with Crippen LogP contribution in [-0.4, -0.2) is 49.0 Å². The van der Waals surface area contributed by atoms with Crippen LogP contribution in [0.2, 0.25) is 0 Å². The first-order chi connectivity index (χ1) is 11.6. The molecule has 6 nitrogen and oxygen atoms in total. The Labute approximate surface area is 155 Å². The number of ether oxygens (including phenoxy) is 1. The van der Waals surface area contributed by atoms with E-state index in [0.29, 0.717) is 30.4 Å². The van der Waals surface area contributed by atoms with Crippen molar-refractivity contribution < 1.29 is 14.3 Å². The van der Waals surface area contributed by atoms with Crippen LogP contribution in [0.3, 0.4) is 0 Å². The summed E-state index contributed by atoms with van der Waals surface area (Å²) in [5.41, 5.74) is 5.64. The van der Waals surface area contributed by atoms with E-state index in [-0.39, 0.29) is 18.3 Å². The molecule has 1 saturated heterocycles. The number of hydrogen-bond acceptors (Lipinski definition) is 4. The number of piperidine rings is 1. The minimum absolute atomic E-state index is 0. The summed E-state index contributed by atoms with van der Waals surface area (Å²) in [5.74, 6) is 0.322. The number of halogens is 1. The van der Waals surface area contributed by atoms with Crippen molar-refractivity contribution in [3.05, 3.63) is 29.8 Å². The standard InChI is InChI=1S/C18H27N3O3.ClH/c1-2-12-21(15-7-10-20-11-8-15)17(22)9-13-24-16-5-3-14(4-6-16)18(19)23;/h3-6,15,20H,2,7-13H2,1H3,(H2,19,23);1H. The van der Waals surface area contributed by atoms with Gasteiger partial charge in [0, 0.05) is 18.2 Å². The molecular weight excluding hydrogens is 342 g/mol. The molecule has 1 heterocycles. The van der Waals surface area contributed by atoms with E-state index in [1.807, 2.05) is 4.90 Å². The summed E-state index contributed by atoms with van der Waals surface area (Å²) in [5, 5.41) is 3.33. The third kappa shape index (κ3) is 6.55. The van der Waals surface area contributed by atoms with E-state index in [1.54, 1.807) is 24.3 Å². The number of rotatable bonds is 8. The first-order valence-corrected chi connectivity index (χ1v) is 8.64. The summed E-state index contributed by atoms with van der Waals surface area (Å²) >= 11 is 0. The fourth-order valence-electron chi connectivity index (χ4n) is 2.99. The molecule has 1 aliphatic rings. The lowest BCUT2D eigenvalue weighted by Gasteiger charge is -2.34. The molecule has 1 fully saturated rings. The summed E-state index contributed by atoms with van der Waals surface area (Å²) in [7, 11) is 0. The Morgan fingerprint density at radius 3 is 2.44 bits per heavy atom. The zero-order valence-corrected chi connectivity index (χ0v) is 15.5. The van der Waals surface area contributed by atoms with Crippen LogP contribution >= 0.6 is 12.4 Å². The molecular formula is C18H28ClN3O3. The maximum atomic E-state index is 12.5. The second-order valence-electron chi connectivity index (χ2n) is 6.06. The van der Waals surface area contributed by atoms with Gasteiger partial charge in [-0.15, -0.1) is 12.4 Å². The van der Waals surface area contributed by atoms with Crippen molar-refractivity contribution in [2.45, 2.75) is 38.6 Å². The van der Waals surface area contributed by atoms with Gasteiger partial charge in [0.15, 0.2) is 0 Å². The fraction of sp³-hybridized carbons (Fsp3) is 0.556. The van der Waals surface area contributed by atoms with Crippen molar-refractivity contribution in [3.63, 3.8) is 0 Å². The Balaban J connectivity index is 0.00000312. The zero-order valence-electron chi connectivity index (χ0n) is 14.7. The number of carbonyl (C=O) groups is 2. The van der Waals surface area contributed by atoms with E-state index in [9.17, 15) is 9.59 Å². The number of hydrogen-bond donors (Lipinski definition) is 2. The summed E-state index contributed by atoms with van der Waals surface area (Å²) in [6.07, 6.45) is 3.36. The van der Waals surface area contributed by atoms with Gasteiger partial charge in [0.25, 0.3) is 0 Å². The van der Waals surface area contributed by atoms with E-state index < -0.39 is 5.91 Å². The Morgan fingerprint density at radius 1 is 1.24 bits per heavy atom. The molecule has 7 heteroatoms. The van der Waals surface area contributed by atoms with Crippen LogP contribution in [-0.2, 0) is 4.79 Å². The Morgan fingerprint density at radius 2 is 1.88 bits per heavy atom. The van der Waals surface area contributed by atoms with Gasteiger partial charge < -0.3 is 20.7 Å². The molecule has 0 saturated carbocycles. The van der Waals surface area contributed by atoms with Gasteiger partial charge in [-0.25, -0.2) is 0 Å². The normalized spacial score (nSPS) is 14.4. The van der Waals surface area contributed by atoms with Crippen molar-refractivity contribution in [1.82, 2.24) is 10.2 Å². The lowest BCUT2D eigenvalue weighted by molar-refractivity contribution is -0.134. The SMILES string of the molecule is CCCN(C(=O)CCOc1ccc(C(N)=O)cc1)C1CCNCC1.Cl. The molecule has 0 spiro atoms. The number of nitrogens with zero attached hydrogens (tertiary/aromatic N) is 1. The smallest absolute Gasteiger partial charge is 0.248 e. The number of benzene rings is 1. The fourth-order valence-corrected chi connectivity index (χ4v) is 2.99. The third-order valence-electron chi connectivity index (χ3n) is 4.26. The molecule has 2 amide bonds. The molecule has 1 aromatic carbocycles. The topological polar surface area (TPSA) is 84.7 Å². The van der Waals surface area contributed by atoms with Crippen molar-refractivity contribution in [1.29, 1.82) is 0 Å². The molecule has 25 heavy (non-hydrogen) atoms. The van der Waals surface area contributed by atoms with Crippen LogP contribution in [0.5, 0.6) is 5.75 Å². The molecule has 0 aromatic heterocycles. The number of nitrogens with one attached hydrogen (secondary N) is 1. The largest absolute Gasteiger partial charge is 0.493 e. The average Bonchev–Trinajstić information content (AvgIpc) is 2.60. The van der Waals surface area contributed by atoms with Crippen LogP contribution in [0.1, 0.15) is 43.0 Å². The predicted molar refractivity (Wildman–Crippen MR) is 100 cm³/mol. The monoisotopic (exact) mass is 369 g/mol. The predicted octanol–water partition coefficient (Wildman–Crippen LogP) is 1.97. The molecule has 2 rings (SSSR count). The molecule has 0 radical (unpaired) electrons. The van der Waals surface area contributed by atoms with Gasteiger partial charge in [-0.3, -0.25) is 9.59 Å². The Hall–Kier alpha value is -1.79. The second kappa shape index (κ2) is 10.9. The Kier molecular flexibility index (Phi) is 9.31. The van der Waals surface area contributed by atoms with Crippen molar-refractivity contribution >= 4 is 24.2 Å². The first kappa shape index (κ1) is 21.3. The molecule has 3 N–H and O–H groups in total. The highest BCUT2D eigenvalue weighted by atomic mass is 35.5.